The Kier molecular flexibility index (Phi) is 7.03. The summed E-state index contributed by atoms with van der Waals surface area (Å²) in [5.74, 6) is -0.375. The quantitative estimate of drug-likeness (QED) is 0.730. The molecule has 0 aliphatic carbocycles. The molecule has 0 spiro atoms. The summed E-state index contributed by atoms with van der Waals surface area (Å²) < 4.78 is 41.5. The molecule has 0 fully saturated rings. The summed E-state index contributed by atoms with van der Waals surface area (Å²) in [7, 11) is 0. The van der Waals surface area contributed by atoms with Crippen LogP contribution in [0.3, 0.4) is 0 Å². The van der Waals surface area contributed by atoms with Crippen molar-refractivity contribution in [1.82, 2.24) is 5.32 Å². The molecule has 2 rings (SSSR count). The fourth-order valence-electron chi connectivity index (χ4n) is 2.54. The maximum absolute atomic E-state index is 13.1. The maximum Gasteiger partial charge on any atom is 0.387 e. The third-order valence-electron chi connectivity index (χ3n) is 3.74. The number of amides is 1. The van der Waals surface area contributed by atoms with E-state index in [4.69, 9.17) is 0 Å². The first kappa shape index (κ1) is 19.8. The first-order chi connectivity index (χ1) is 12.3. The molecule has 2 N–H and O–H groups in total. The summed E-state index contributed by atoms with van der Waals surface area (Å²) in [4.78, 5) is 12.1. The molecule has 0 aliphatic heterocycles. The van der Waals surface area contributed by atoms with E-state index in [0.717, 1.165) is 5.56 Å². The van der Waals surface area contributed by atoms with Crippen molar-refractivity contribution in [2.75, 3.05) is 11.9 Å². The molecule has 0 aromatic heterocycles. The van der Waals surface area contributed by atoms with Crippen molar-refractivity contribution in [1.29, 1.82) is 0 Å². The summed E-state index contributed by atoms with van der Waals surface area (Å²) in [6, 6.07) is 11.7. The molecule has 0 heterocycles. The number of halogens is 3. The van der Waals surface area contributed by atoms with Gasteiger partial charge in [-0.3, -0.25) is 4.79 Å². The Morgan fingerprint density at radius 3 is 2.19 bits per heavy atom. The molecule has 2 aromatic rings. The van der Waals surface area contributed by atoms with Crippen LogP contribution in [-0.4, -0.2) is 19.1 Å². The maximum atomic E-state index is 13.1. The lowest BCUT2D eigenvalue weighted by Gasteiger charge is -2.22. The monoisotopic (exact) mass is 366 g/mol. The number of nitrogens with one attached hydrogen (secondary N) is 2. The van der Waals surface area contributed by atoms with Crippen molar-refractivity contribution in [3.05, 3.63) is 59.9 Å². The highest BCUT2D eigenvalue weighted by atomic mass is 19.3. The van der Waals surface area contributed by atoms with Crippen LogP contribution >= 0.6 is 0 Å². The lowest BCUT2D eigenvalue weighted by molar-refractivity contribution is -0.115. The summed E-state index contributed by atoms with van der Waals surface area (Å²) >= 11 is 0. The number of hydrogen-bond acceptors (Lipinski definition) is 3. The third kappa shape index (κ3) is 6.07. The molecule has 26 heavy (non-hydrogen) atoms. The average Bonchev–Trinajstić information content (AvgIpc) is 2.57. The Labute approximate surface area is 150 Å². The lowest BCUT2D eigenvalue weighted by atomic mass is 9.96. The van der Waals surface area contributed by atoms with Crippen LogP contribution in [0.1, 0.15) is 25.5 Å². The van der Waals surface area contributed by atoms with Crippen molar-refractivity contribution < 1.29 is 22.7 Å². The second-order valence-corrected chi connectivity index (χ2v) is 6.11. The van der Waals surface area contributed by atoms with Crippen molar-refractivity contribution in [2.45, 2.75) is 26.5 Å². The average molecular weight is 366 g/mol. The molecule has 0 unspecified atom stereocenters. The molecule has 1 atom stereocenters. The van der Waals surface area contributed by atoms with Gasteiger partial charge < -0.3 is 15.4 Å². The highest BCUT2D eigenvalue weighted by molar-refractivity contribution is 5.92. The highest BCUT2D eigenvalue weighted by Gasteiger charge is 2.16. The number of benzene rings is 2. The molecule has 0 radical (unpaired) electrons. The molecule has 0 saturated carbocycles. The molecule has 140 valence electrons. The van der Waals surface area contributed by atoms with Crippen molar-refractivity contribution in [3.8, 4) is 5.75 Å². The van der Waals surface area contributed by atoms with E-state index in [2.05, 4.69) is 15.4 Å². The molecule has 2 aromatic carbocycles. The van der Waals surface area contributed by atoms with E-state index in [0.29, 0.717) is 5.69 Å². The molecule has 7 heteroatoms. The van der Waals surface area contributed by atoms with Crippen LogP contribution in [-0.2, 0) is 4.79 Å². The van der Waals surface area contributed by atoms with Gasteiger partial charge >= 0.3 is 6.61 Å². The van der Waals surface area contributed by atoms with Crippen LogP contribution in [0.5, 0.6) is 5.75 Å². The number of alkyl halides is 2. The van der Waals surface area contributed by atoms with Gasteiger partial charge in [-0.05, 0) is 47.9 Å². The van der Waals surface area contributed by atoms with E-state index in [1.807, 2.05) is 13.8 Å². The van der Waals surface area contributed by atoms with Crippen LogP contribution < -0.4 is 15.4 Å². The summed E-state index contributed by atoms with van der Waals surface area (Å²) in [6.07, 6.45) is 0. The molecular weight excluding hydrogens is 345 g/mol. The van der Waals surface area contributed by atoms with Crippen LogP contribution in [0.2, 0.25) is 0 Å². The lowest BCUT2D eigenvalue weighted by Crippen LogP contribution is -2.33. The Morgan fingerprint density at radius 1 is 1.04 bits per heavy atom. The zero-order chi connectivity index (χ0) is 19.1. The van der Waals surface area contributed by atoms with Gasteiger partial charge in [-0.1, -0.05) is 26.0 Å². The van der Waals surface area contributed by atoms with Crippen LogP contribution in [0.15, 0.2) is 48.5 Å². The van der Waals surface area contributed by atoms with Gasteiger partial charge in [-0.2, -0.15) is 8.78 Å². The van der Waals surface area contributed by atoms with Gasteiger partial charge in [-0.25, -0.2) is 4.39 Å². The first-order valence-electron chi connectivity index (χ1n) is 8.18. The molecular formula is C19H21F3N2O2. The number of ether oxygens (including phenoxy) is 1. The molecule has 0 aliphatic rings. The van der Waals surface area contributed by atoms with Gasteiger partial charge in [0.15, 0.2) is 0 Å². The minimum atomic E-state index is -2.89. The Morgan fingerprint density at radius 2 is 1.65 bits per heavy atom. The van der Waals surface area contributed by atoms with E-state index >= 15 is 0 Å². The van der Waals surface area contributed by atoms with Crippen molar-refractivity contribution in [2.24, 2.45) is 5.92 Å². The SMILES string of the molecule is CC(C)[C@@H](NCC(=O)Nc1ccc(OC(F)F)cc1)c1ccc(F)cc1. The third-order valence-corrected chi connectivity index (χ3v) is 3.74. The highest BCUT2D eigenvalue weighted by Crippen LogP contribution is 2.22. The zero-order valence-electron chi connectivity index (χ0n) is 14.5. The van der Waals surface area contributed by atoms with Gasteiger partial charge in [0.2, 0.25) is 5.91 Å². The standard InChI is InChI=1S/C19H21F3N2O2/c1-12(2)18(13-3-5-14(20)6-4-13)23-11-17(25)24-15-7-9-16(10-8-15)26-19(21)22/h3-10,12,18-19,23H,11H2,1-2H3,(H,24,25)/t18-/m1/s1. The van der Waals surface area contributed by atoms with Gasteiger partial charge in [0.1, 0.15) is 11.6 Å². The van der Waals surface area contributed by atoms with Crippen molar-refractivity contribution >= 4 is 11.6 Å². The largest absolute Gasteiger partial charge is 0.435 e. The normalized spacial score (nSPS) is 12.3. The van der Waals surface area contributed by atoms with E-state index in [9.17, 15) is 18.0 Å². The number of carbonyl (C=O) groups is 1. The molecule has 0 bridgehead atoms. The Hall–Kier alpha value is -2.54. The fraction of sp³-hybridized carbons (Fsp3) is 0.316. The van der Waals surface area contributed by atoms with Crippen LogP contribution in [0.25, 0.3) is 0 Å². The molecule has 0 saturated heterocycles. The number of anilines is 1. The second-order valence-electron chi connectivity index (χ2n) is 6.11. The van der Waals surface area contributed by atoms with E-state index in [1.165, 1.54) is 36.4 Å². The van der Waals surface area contributed by atoms with E-state index in [1.54, 1.807) is 12.1 Å². The van der Waals surface area contributed by atoms with Gasteiger partial charge in [0, 0.05) is 11.7 Å². The number of carbonyl (C=O) groups excluding carboxylic acids is 1. The predicted molar refractivity (Wildman–Crippen MR) is 93.7 cm³/mol. The summed E-state index contributed by atoms with van der Waals surface area (Å²) in [6.45, 7) is 1.16. The van der Waals surface area contributed by atoms with Gasteiger partial charge in [0.25, 0.3) is 0 Å². The Balaban J connectivity index is 1.90. The minimum absolute atomic E-state index is 0.0207. The summed E-state index contributed by atoms with van der Waals surface area (Å²) in [5.41, 5.74) is 1.36. The zero-order valence-corrected chi connectivity index (χ0v) is 14.5. The van der Waals surface area contributed by atoms with E-state index < -0.39 is 6.61 Å². The van der Waals surface area contributed by atoms with Crippen LogP contribution in [0.4, 0.5) is 18.9 Å². The Bertz CT molecular complexity index is 704. The minimum Gasteiger partial charge on any atom is -0.435 e. The topological polar surface area (TPSA) is 50.4 Å². The van der Waals surface area contributed by atoms with Crippen LogP contribution in [0, 0.1) is 11.7 Å². The van der Waals surface area contributed by atoms with Gasteiger partial charge in [-0.15, -0.1) is 0 Å². The molecule has 4 nitrogen and oxygen atoms in total. The number of hydrogen-bond donors (Lipinski definition) is 2. The van der Waals surface area contributed by atoms with Crippen molar-refractivity contribution in [3.63, 3.8) is 0 Å². The number of rotatable bonds is 8. The first-order valence-corrected chi connectivity index (χ1v) is 8.18. The fourth-order valence-corrected chi connectivity index (χ4v) is 2.54. The molecule has 1 amide bonds. The predicted octanol–water partition coefficient (Wildman–Crippen LogP) is 4.35. The smallest absolute Gasteiger partial charge is 0.387 e. The van der Waals surface area contributed by atoms with Gasteiger partial charge in [0.05, 0.1) is 6.54 Å². The summed E-state index contributed by atoms with van der Waals surface area (Å²) in [5, 5.41) is 5.83. The second kappa shape index (κ2) is 9.24. The van der Waals surface area contributed by atoms with E-state index in [-0.39, 0.29) is 36.0 Å².